The van der Waals surface area contributed by atoms with Crippen LogP contribution in [-0.4, -0.2) is 31.0 Å². The monoisotopic (exact) mass is 300 g/mol. The van der Waals surface area contributed by atoms with Gasteiger partial charge in [-0.1, -0.05) is 18.2 Å². The lowest BCUT2D eigenvalue weighted by molar-refractivity contribution is -0.174. The summed E-state index contributed by atoms with van der Waals surface area (Å²) in [5.41, 5.74) is 2.30. The topological polar surface area (TPSA) is 26.2 Å². The van der Waals surface area contributed by atoms with Crippen LogP contribution in [0.2, 0.25) is 0 Å². The molecule has 0 atom stereocenters. The summed E-state index contributed by atoms with van der Waals surface area (Å²) in [6, 6.07) is 8.11. The molecule has 2 aromatic rings. The standard InChI is InChI=1S/C15H19F3N2O/c1-19-10-13-5-2-4-12-6-8-20(14(12)13)7-3-9-21-11-15(16,17)18/h2,4-6,8,19H,3,7,9-11H2,1H3. The summed E-state index contributed by atoms with van der Waals surface area (Å²) in [4.78, 5) is 0. The molecule has 1 heterocycles. The molecule has 0 aliphatic heterocycles. The molecule has 116 valence electrons. The number of nitrogens with one attached hydrogen (secondary N) is 1. The van der Waals surface area contributed by atoms with Crippen LogP contribution in [0, 0.1) is 0 Å². The van der Waals surface area contributed by atoms with Crippen LogP contribution in [0.3, 0.4) is 0 Å². The maximum atomic E-state index is 12.0. The van der Waals surface area contributed by atoms with Gasteiger partial charge in [-0.25, -0.2) is 0 Å². The molecule has 3 nitrogen and oxygen atoms in total. The van der Waals surface area contributed by atoms with Gasteiger partial charge in [0.25, 0.3) is 0 Å². The van der Waals surface area contributed by atoms with Crippen LogP contribution in [-0.2, 0) is 17.8 Å². The number of fused-ring (bicyclic) bond motifs is 1. The van der Waals surface area contributed by atoms with E-state index in [1.165, 1.54) is 5.56 Å². The average molecular weight is 300 g/mol. The van der Waals surface area contributed by atoms with Gasteiger partial charge in [0.1, 0.15) is 6.61 Å². The predicted molar refractivity (Wildman–Crippen MR) is 76.2 cm³/mol. The Morgan fingerprint density at radius 1 is 1.24 bits per heavy atom. The van der Waals surface area contributed by atoms with Crippen LogP contribution >= 0.6 is 0 Å². The first-order valence-corrected chi connectivity index (χ1v) is 6.87. The van der Waals surface area contributed by atoms with E-state index in [4.69, 9.17) is 0 Å². The van der Waals surface area contributed by atoms with E-state index in [1.807, 2.05) is 31.4 Å². The van der Waals surface area contributed by atoms with E-state index in [9.17, 15) is 13.2 Å². The second-order valence-electron chi connectivity index (χ2n) is 4.92. The van der Waals surface area contributed by atoms with Crippen LogP contribution in [0.4, 0.5) is 13.2 Å². The molecule has 6 heteroatoms. The predicted octanol–water partition coefficient (Wildman–Crippen LogP) is 3.33. The van der Waals surface area contributed by atoms with E-state index in [1.54, 1.807) is 0 Å². The molecule has 2 rings (SSSR count). The van der Waals surface area contributed by atoms with Crippen molar-refractivity contribution in [2.24, 2.45) is 0 Å². The number of ether oxygens (including phenoxy) is 1. The minimum Gasteiger partial charge on any atom is -0.372 e. The van der Waals surface area contributed by atoms with E-state index in [0.717, 1.165) is 17.4 Å². The van der Waals surface area contributed by atoms with E-state index >= 15 is 0 Å². The Balaban J connectivity index is 1.96. The number of aryl methyl sites for hydroxylation is 1. The van der Waals surface area contributed by atoms with E-state index in [-0.39, 0.29) is 6.61 Å². The number of benzene rings is 1. The first-order valence-electron chi connectivity index (χ1n) is 6.87. The molecule has 0 radical (unpaired) electrons. The molecule has 0 fully saturated rings. The third-order valence-corrected chi connectivity index (χ3v) is 3.19. The smallest absolute Gasteiger partial charge is 0.372 e. The molecule has 0 saturated heterocycles. The number of aromatic nitrogens is 1. The number of alkyl halides is 3. The molecule has 0 saturated carbocycles. The Morgan fingerprint density at radius 2 is 2.05 bits per heavy atom. The third kappa shape index (κ3) is 4.47. The molecule has 0 aliphatic carbocycles. The minimum atomic E-state index is -4.25. The van der Waals surface area contributed by atoms with E-state index < -0.39 is 12.8 Å². The highest BCUT2D eigenvalue weighted by Crippen LogP contribution is 2.21. The Kier molecular flexibility index (Phi) is 5.25. The molecule has 1 N–H and O–H groups in total. The Bertz CT molecular complexity index is 578. The molecule has 0 spiro atoms. The molecule has 1 aromatic carbocycles. The van der Waals surface area contributed by atoms with Crippen molar-refractivity contribution < 1.29 is 17.9 Å². The van der Waals surface area contributed by atoms with Gasteiger partial charge in [-0.15, -0.1) is 0 Å². The summed E-state index contributed by atoms with van der Waals surface area (Å²) in [6.45, 7) is 0.325. The van der Waals surface area contributed by atoms with Crippen molar-refractivity contribution >= 4 is 10.9 Å². The molecule has 0 amide bonds. The first-order chi connectivity index (χ1) is 10.0. The maximum absolute atomic E-state index is 12.0. The van der Waals surface area contributed by atoms with Gasteiger partial charge in [0.2, 0.25) is 0 Å². The highest BCUT2D eigenvalue weighted by atomic mass is 19.4. The maximum Gasteiger partial charge on any atom is 0.411 e. The van der Waals surface area contributed by atoms with Crippen LogP contribution in [0.5, 0.6) is 0 Å². The lowest BCUT2D eigenvalue weighted by Crippen LogP contribution is -2.17. The average Bonchev–Trinajstić information content (AvgIpc) is 2.82. The van der Waals surface area contributed by atoms with E-state index in [2.05, 4.69) is 20.7 Å². The summed E-state index contributed by atoms with van der Waals surface area (Å²) in [7, 11) is 1.89. The fourth-order valence-electron chi connectivity index (χ4n) is 2.39. The normalized spacial score (nSPS) is 12.2. The number of rotatable bonds is 7. The number of para-hydroxylation sites is 1. The Labute approximate surface area is 121 Å². The van der Waals surface area contributed by atoms with Crippen molar-refractivity contribution in [3.63, 3.8) is 0 Å². The molecule has 21 heavy (non-hydrogen) atoms. The fraction of sp³-hybridized carbons (Fsp3) is 0.467. The van der Waals surface area contributed by atoms with Crippen molar-refractivity contribution in [1.29, 1.82) is 0 Å². The number of hydrogen-bond acceptors (Lipinski definition) is 2. The van der Waals surface area contributed by atoms with Crippen molar-refractivity contribution in [2.75, 3.05) is 20.3 Å². The lowest BCUT2D eigenvalue weighted by Gasteiger charge is -2.11. The van der Waals surface area contributed by atoms with Gasteiger partial charge >= 0.3 is 6.18 Å². The summed E-state index contributed by atoms with van der Waals surface area (Å²) in [5, 5.41) is 4.26. The second kappa shape index (κ2) is 6.95. The molecular formula is C15H19F3N2O. The number of halogens is 3. The zero-order chi connectivity index (χ0) is 15.3. The molecule has 0 aliphatic rings. The van der Waals surface area contributed by atoms with Gasteiger partial charge in [0.15, 0.2) is 0 Å². The van der Waals surface area contributed by atoms with Crippen LogP contribution < -0.4 is 5.32 Å². The molecule has 1 aromatic heterocycles. The zero-order valence-electron chi connectivity index (χ0n) is 11.9. The minimum absolute atomic E-state index is 0.105. The quantitative estimate of drug-likeness (QED) is 0.794. The Hall–Kier alpha value is -1.53. The van der Waals surface area contributed by atoms with Gasteiger partial charge in [-0.3, -0.25) is 0 Å². The first kappa shape index (κ1) is 15.9. The van der Waals surface area contributed by atoms with Crippen molar-refractivity contribution in [2.45, 2.75) is 25.7 Å². The summed E-state index contributed by atoms with van der Waals surface area (Å²) < 4.78 is 42.6. The van der Waals surface area contributed by atoms with Gasteiger partial charge in [-0.05, 0) is 30.5 Å². The van der Waals surface area contributed by atoms with Crippen LogP contribution in [0.25, 0.3) is 10.9 Å². The summed E-state index contributed by atoms with van der Waals surface area (Å²) in [5.74, 6) is 0. The van der Waals surface area contributed by atoms with Crippen molar-refractivity contribution in [3.05, 3.63) is 36.0 Å². The summed E-state index contributed by atoms with van der Waals surface area (Å²) in [6.07, 6.45) is -1.73. The zero-order valence-corrected chi connectivity index (χ0v) is 11.9. The Morgan fingerprint density at radius 3 is 2.76 bits per heavy atom. The number of nitrogens with zero attached hydrogens (tertiary/aromatic N) is 1. The molecule has 0 unspecified atom stereocenters. The van der Waals surface area contributed by atoms with Crippen molar-refractivity contribution in [3.8, 4) is 0 Å². The largest absolute Gasteiger partial charge is 0.411 e. The highest BCUT2D eigenvalue weighted by Gasteiger charge is 2.27. The lowest BCUT2D eigenvalue weighted by atomic mass is 10.1. The van der Waals surface area contributed by atoms with Crippen LogP contribution in [0.1, 0.15) is 12.0 Å². The van der Waals surface area contributed by atoms with Gasteiger partial charge in [0.05, 0.1) is 5.52 Å². The molecular weight excluding hydrogens is 281 g/mol. The SMILES string of the molecule is CNCc1cccc2ccn(CCCOCC(F)(F)F)c12. The second-order valence-corrected chi connectivity index (χ2v) is 4.92. The van der Waals surface area contributed by atoms with Gasteiger partial charge in [0, 0.05) is 25.9 Å². The number of hydrogen-bond donors (Lipinski definition) is 1. The van der Waals surface area contributed by atoms with Gasteiger partial charge in [-0.2, -0.15) is 13.2 Å². The fourth-order valence-corrected chi connectivity index (χ4v) is 2.39. The van der Waals surface area contributed by atoms with Crippen molar-refractivity contribution in [1.82, 2.24) is 9.88 Å². The third-order valence-electron chi connectivity index (χ3n) is 3.19. The summed E-state index contributed by atoms with van der Waals surface area (Å²) >= 11 is 0. The highest BCUT2D eigenvalue weighted by molar-refractivity contribution is 5.83. The van der Waals surface area contributed by atoms with Crippen LogP contribution in [0.15, 0.2) is 30.5 Å². The molecule has 0 bridgehead atoms. The van der Waals surface area contributed by atoms with Gasteiger partial charge < -0.3 is 14.6 Å². The van der Waals surface area contributed by atoms with E-state index in [0.29, 0.717) is 13.0 Å².